The summed E-state index contributed by atoms with van der Waals surface area (Å²) in [5.74, 6) is 2.00. The molecule has 0 bridgehead atoms. The van der Waals surface area contributed by atoms with Crippen molar-refractivity contribution < 1.29 is 15.3 Å². The molecule has 6 atom stereocenters. The van der Waals surface area contributed by atoms with E-state index in [9.17, 15) is 15.3 Å². The smallest absolute Gasteiger partial charge is 0.114 e. The number of allylic oxidation sites excluding steroid dienone is 3. The van der Waals surface area contributed by atoms with Gasteiger partial charge in [0.1, 0.15) is 11.3 Å². The second-order valence-electron chi connectivity index (χ2n) is 12.4. The fraction of sp³-hybridized carbons (Fsp3) is 0.742. The lowest BCUT2D eigenvalue weighted by molar-refractivity contribution is 0.0239. The van der Waals surface area contributed by atoms with Crippen LogP contribution in [0.25, 0.3) is 0 Å². The minimum Gasteiger partial charge on any atom is -0.393 e. The van der Waals surface area contributed by atoms with Crippen LogP contribution in [0.15, 0.2) is 41.6 Å². The van der Waals surface area contributed by atoms with Gasteiger partial charge in [-0.2, -0.15) is 0 Å². The first-order valence-corrected chi connectivity index (χ1v) is 14.7. The van der Waals surface area contributed by atoms with E-state index in [-0.39, 0.29) is 0 Å². The molecule has 1 aromatic heterocycles. The zero-order valence-electron chi connectivity index (χ0n) is 23.5. The summed E-state index contributed by atoms with van der Waals surface area (Å²) in [5, 5.41) is 39.6. The molecule has 0 unspecified atom stereocenters. The van der Waals surface area contributed by atoms with Gasteiger partial charge in [0.25, 0.3) is 0 Å². The molecule has 0 radical (unpaired) electrons. The average molecular weight is 512 g/mol. The molecule has 3 saturated carbocycles. The number of aryl methyl sites for hydroxylation is 1. The van der Waals surface area contributed by atoms with Crippen molar-refractivity contribution in [2.45, 2.75) is 123 Å². The van der Waals surface area contributed by atoms with Crippen LogP contribution in [0.3, 0.4) is 0 Å². The zero-order chi connectivity index (χ0) is 26.8. The van der Waals surface area contributed by atoms with Gasteiger partial charge < -0.3 is 15.3 Å². The number of hydrogen-bond acceptors (Lipinski definition) is 5. The molecule has 3 aliphatic rings. The van der Waals surface area contributed by atoms with Gasteiger partial charge in [-0.25, -0.2) is 0 Å². The van der Waals surface area contributed by atoms with E-state index in [1.165, 1.54) is 32.1 Å². The van der Waals surface area contributed by atoms with Crippen molar-refractivity contribution >= 4 is 0 Å². The average Bonchev–Trinajstić information content (AvgIpc) is 3.49. The SMILES string of the molecule is C=C1/C(=C\C=C2CCC[C@]3(C)[C@@H]([C@H](C)CCCn4cc(C(O)(CC)CC)nn4)CC[C@@H]23)C[C@H](O)C[C@H]1O. The highest BCUT2D eigenvalue weighted by atomic mass is 16.3. The van der Waals surface area contributed by atoms with Crippen molar-refractivity contribution in [3.05, 3.63) is 47.3 Å². The zero-order valence-corrected chi connectivity index (χ0v) is 23.5. The second kappa shape index (κ2) is 11.5. The lowest BCUT2D eigenvalue weighted by Crippen LogP contribution is -2.36. The second-order valence-corrected chi connectivity index (χ2v) is 12.4. The van der Waals surface area contributed by atoms with E-state index in [1.807, 2.05) is 24.7 Å². The van der Waals surface area contributed by atoms with E-state index in [4.69, 9.17) is 0 Å². The molecular weight excluding hydrogens is 462 g/mol. The van der Waals surface area contributed by atoms with Crippen LogP contribution >= 0.6 is 0 Å². The first-order valence-electron chi connectivity index (χ1n) is 14.7. The van der Waals surface area contributed by atoms with Crippen molar-refractivity contribution in [2.75, 3.05) is 0 Å². The van der Waals surface area contributed by atoms with Crippen LogP contribution < -0.4 is 0 Å². The maximum Gasteiger partial charge on any atom is 0.114 e. The summed E-state index contributed by atoms with van der Waals surface area (Å²) >= 11 is 0. The molecule has 0 aromatic carbocycles. The van der Waals surface area contributed by atoms with Gasteiger partial charge in [0.15, 0.2) is 0 Å². The van der Waals surface area contributed by atoms with Gasteiger partial charge in [-0.15, -0.1) is 5.10 Å². The summed E-state index contributed by atoms with van der Waals surface area (Å²) in [5.41, 5.74) is 3.48. The number of hydrogen-bond donors (Lipinski definition) is 3. The summed E-state index contributed by atoms with van der Waals surface area (Å²) in [6.45, 7) is 13.9. The van der Waals surface area contributed by atoms with Gasteiger partial charge in [-0.3, -0.25) is 4.68 Å². The van der Waals surface area contributed by atoms with Crippen molar-refractivity contribution in [2.24, 2.45) is 23.2 Å². The Kier molecular flexibility index (Phi) is 8.82. The number of nitrogens with zero attached hydrogens (tertiary/aromatic N) is 3. The van der Waals surface area contributed by atoms with Gasteiger partial charge in [0, 0.05) is 13.0 Å². The summed E-state index contributed by atoms with van der Waals surface area (Å²) < 4.78 is 1.90. The maximum absolute atomic E-state index is 10.7. The molecule has 3 fully saturated rings. The highest BCUT2D eigenvalue weighted by molar-refractivity contribution is 5.38. The minimum absolute atomic E-state index is 0.337. The fourth-order valence-electron chi connectivity index (χ4n) is 7.69. The molecule has 3 aliphatic carbocycles. The quantitative estimate of drug-likeness (QED) is 0.387. The van der Waals surface area contributed by atoms with Gasteiger partial charge in [0.05, 0.1) is 18.4 Å². The Labute approximate surface area is 223 Å². The Morgan fingerprint density at radius 1 is 1.24 bits per heavy atom. The predicted octanol–water partition coefficient (Wildman–Crippen LogP) is 5.84. The van der Waals surface area contributed by atoms with Crippen molar-refractivity contribution in [3.8, 4) is 0 Å². The lowest BCUT2D eigenvalue weighted by Gasteiger charge is -2.44. The highest BCUT2D eigenvalue weighted by Gasteiger charge is 2.50. The third-order valence-electron chi connectivity index (χ3n) is 10.2. The van der Waals surface area contributed by atoms with Gasteiger partial charge in [-0.1, -0.05) is 57.2 Å². The van der Waals surface area contributed by atoms with Crippen molar-refractivity contribution in [1.29, 1.82) is 0 Å². The van der Waals surface area contributed by atoms with E-state index >= 15 is 0 Å². The molecule has 206 valence electrons. The summed E-state index contributed by atoms with van der Waals surface area (Å²) in [4.78, 5) is 0. The maximum atomic E-state index is 10.7. The number of aliphatic hydroxyl groups excluding tert-OH is 2. The number of aliphatic hydroxyl groups is 3. The van der Waals surface area contributed by atoms with Crippen LogP contribution in [-0.4, -0.2) is 42.5 Å². The highest BCUT2D eigenvalue weighted by Crippen LogP contribution is 2.59. The van der Waals surface area contributed by atoms with Crippen molar-refractivity contribution in [1.82, 2.24) is 15.0 Å². The Hall–Kier alpha value is -1.76. The number of fused-ring (bicyclic) bond motifs is 1. The van der Waals surface area contributed by atoms with E-state index < -0.39 is 17.8 Å². The van der Waals surface area contributed by atoms with Crippen LogP contribution in [0.5, 0.6) is 0 Å². The number of rotatable bonds is 9. The molecular formula is C31H49N3O3. The molecule has 6 nitrogen and oxygen atoms in total. The largest absolute Gasteiger partial charge is 0.393 e. The fourth-order valence-corrected chi connectivity index (χ4v) is 7.69. The molecule has 1 aromatic rings. The minimum atomic E-state index is -0.870. The summed E-state index contributed by atoms with van der Waals surface area (Å²) in [6.07, 6.45) is 16.0. The standard InChI is InChI=1S/C31H49N3O3/c1-6-31(37,7-2)29-20-34(33-32-29)17-9-10-21(3)26-14-15-27-23(11-8-16-30(26,27)5)12-13-24-18-25(35)19-28(36)22(24)4/h12-13,20-21,25-28,35-37H,4,6-11,14-19H2,1-3,5H3/b23-12?,24-13-/t21-,25+,26-,27+,28-,30-/m1/s1. The van der Waals surface area contributed by atoms with E-state index in [1.54, 1.807) is 5.57 Å². The third-order valence-corrected chi connectivity index (χ3v) is 10.2. The van der Waals surface area contributed by atoms with E-state index in [0.29, 0.717) is 48.6 Å². The van der Waals surface area contributed by atoms with Crippen LogP contribution in [0, 0.1) is 23.2 Å². The monoisotopic (exact) mass is 511 g/mol. The first kappa shape index (κ1) is 28.3. The normalized spacial score (nSPS) is 33.8. The Bertz CT molecular complexity index is 1010. The third kappa shape index (κ3) is 5.81. The molecule has 37 heavy (non-hydrogen) atoms. The van der Waals surface area contributed by atoms with Gasteiger partial charge in [0.2, 0.25) is 0 Å². The Morgan fingerprint density at radius 2 is 2.00 bits per heavy atom. The van der Waals surface area contributed by atoms with E-state index in [0.717, 1.165) is 36.5 Å². The topological polar surface area (TPSA) is 91.4 Å². The summed E-state index contributed by atoms with van der Waals surface area (Å²) in [6, 6.07) is 0. The van der Waals surface area contributed by atoms with Crippen LogP contribution in [0.1, 0.15) is 104 Å². The molecule has 3 N–H and O–H groups in total. The van der Waals surface area contributed by atoms with E-state index in [2.05, 4.69) is 42.9 Å². The molecule has 0 spiro atoms. The molecule has 4 rings (SSSR count). The Morgan fingerprint density at radius 3 is 2.73 bits per heavy atom. The Balaban J connectivity index is 1.37. The van der Waals surface area contributed by atoms with Crippen LogP contribution in [0.4, 0.5) is 0 Å². The molecule has 6 heteroatoms. The molecule has 0 aliphatic heterocycles. The first-order chi connectivity index (χ1) is 17.6. The molecule has 0 saturated heterocycles. The predicted molar refractivity (Wildman–Crippen MR) is 148 cm³/mol. The number of aromatic nitrogens is 3. The van der Waals surface area contributed by atoms with Crippen LogP contribution in [-0.2, 0) is 12.1 Å². The molecule has 0 amide bonds. The van der Waals surface area contributed by atoms with Gasteiger partial charge >= 0.3 is 0 Å². The molecule has 1 heterocycles. The van der Waals surface area contributed by atoms with Gasteiger partial charge in [-0.05, 0) is 98.5 Å². The van der Waals surface area contributed by atoms with Crippen LogP contribution in [0.2, 0.25) is 0 Å². The summed E-state index contributed by atoms with van der Waals surface area (Å²) in [7, 11) is 0. The lowest BCUT2D eigenvalue weighted by atomic mass is 9.60. The van der Waals surface area contributed by atoms with Crippen molar-refractivity contribution in [3.63, 3.8) is 0 Å².